The molecule has 156 valence electrons. The number of halogens is 1. The minimum absolute atomic E-state index is 0. The second-order valence-electron chi connectivity index (χ2n) is 7.06. The van der Waals surface area contributed by atoms with E-state index in [4.69, 9.17) is 10.5 Å². The summed E-state index contributed by atoms with van der Waals surface area (Å²) >= 11 is 0. The number of carbonyl (C=O) groups is 1. The summed E-state index contributed by atoms with van der Waals surface area (Å²) < 4.78 is 32.7. The van der Waals surface area contributed by atoms with Crippen molar-refractivity contribution in [2.24, 2.45) is 11.7 Å². The van der Waals surface area contributed by atoms with Crippen molar-refractivity contribution in [3.05, 3.63) is 23.8 Å². The average molecular weight is 422 g/mol. The van der Waals surface area contributed by atoms with Crippen LogP contribution in [-0.2, 0) is 10.0 Å². The van der Waals surface area contributed by atoms with Gasteiger partial charge in [-0.2, -0.15) is 0 Å². The highest BCUT2D eigenvalue weighted by molar-refractivity contribution is 7.89. The molecule has 1 unspecified atom stereocenters. The Labute approximate surface area is 169 Å². The highest BCUT2D eigenvalue weighted by Crippen LogP contribution is 2.25. The molecule has 0 heterocycles. The molecule has 1 aromatic carbocycles. The molecule has 1 amide bonds. The van der Waals surface area contributed by atoms with Gasteiger partial charge >= 0.3 is 0 Å². The lowest BCUT2D eigenvalue weighted by molar-refractivity contribution is 0.0789. The first-order valence-corrected chi connectivity index (χ1v) is 10.2. The predicted molar refractivity (Wildman–Crippen MR) is 110 cm³/mol. The summed E-state index contributed by atoms with van der Waals surface area (Å²) in [6.07, 6.45) is 0.677. The lowest BCUT2D eigenvalue weighted by Gasteiger charge is -2.22. The number of hydrogen-bond acceptors (Lipinski definition) is 5. The van der Waals surface area contributed by atoms with E-state index in [1.54, 1.807) is 31.9 Å². The molecule has 0 aliphatic rings. The highest BCUT2D eigenvalue weighted by atomic mass is 35.5. The van der Waals surface area contributed by atoms with Crippen LogP contribution in [0.2, 0.25) is 0 Å². The zero-order valence-corrected chi connectivity index (χ0v) is 18.5. The van der Waals surface area contributed by atoms with Crippen LogP contribution in [-0.4, -0.2) is 52.0 Å². The minimum Gasteiger partial charge on any atom is -0.495 e. The maximum absolute atomic E-state index is 12.7. The summed E-state index contributed by atoms with van der Waals surface area (Å²) in [6.45, 7) is 8.02. The van der Waals surface area contributed by atoms with Crippen molar-refractivity contribution >= 4 is 28.3 Å². The molecule has 27 heavy (non-hydrogen) atoms. The second-order valence-corrected chi connectivity index (χ2v) is 8.75. The van der Waals surface area contributed by atoms with Gasteiger partial charge in [0.05, 0.1) is 7.11 Å². The molecule has 1 rings (SSSR count). The van der Waals surface area contributed by atoms with Crippen molar-refractivity contribution in [3.8, 4) is 5.75 Å². The standard InChI is InChI=1S/C18H31N3O4S.ClH/c1-12(2)15(19)9-10-21(5)18(22)14-7-8-16(25-6)17(11-14)26(23,24)20-13(3)4;/h7-8,11-13,15,20H,9-10,19H2,1-6H3;1H. The summed E-state index contributed by atoms with van der Waals surface area (Å²) in [4.78, 5) is 14.2. The largest absolute Gasteiger partial charge is 0.495 e. The molecule has 0 radical (unpaired) electrons. The van der Waals surface area contributed by atoms with E-state index in [-0.39, 0.29) is 46.6 Å². The quantitative estimate of drug-likeness (QED) is 0.636. The third-order valence-corrected chi connectivity index (χ3v) is 5.77. The topological polar surface area (TPSA) is 102 Å². The van der Waals surface area contributed by atoms with Crippen molar-refractivity contribution in [3.63, 3.8) is 0 Å². The Kier molecular flexibility index (Phi) is 10.3. The minimum atomic E-state index is -3.79. The molecule has 1 atom stereocenters. The van der Waals surface area contributed by atoms with Crippen LogP contribution in [0.1, 0.15) is 44.5 Å². The van der Waals surface area contributed by atoms with E-state index in [9.17, 15) is 13.2 Å². The average Bonchev–Trinajstić information content (AvgIpc) is 2.56. The van der Waals surface area contributed by atoms with E-state index in [0.717, 1.165) is 0 Å². The van der Waals surface area contributed by atoms with E-state index < -0.39 is 10.0 Å². The zero-order valence-electron chi connectivity index (χ0n) is 16.9. The number of ether oxygens (including phenoxy) is 1. The van der Waals surface area contributed by atoms with Crippen LogP contribution >= 0.6 is 12.4 Å². The summed E-state index contributed by atoms with van der Waals surface area (Å²) in [5.41, 5.74) is 6.31. The molecule has 0 aliphatic carbocycles. The SMILES string of the molecule is COc1ccc(C(=O)N(C)CCC(N)C(C)C)cc1S(=O)(=O)NC(C)C.Cl. The lowest BCUT2D eigenvalue weighted by Crippen LogP contribution is -2.35. The lowest BCUT2D eigenvalue weighted by atomic mass is 10.0. The molecule has 1 aromatic rings. The number of benzene rings is 1. The van der Waals surface area contributed by atoms with Gasteiger partial charge in [-0.05, 0) is 44.4 Å². The number of sulfonamides is 1. The Morgan fingerprint density at radius 1 is 1.26 bits per heavy atom. The van der Waals surface area contributed by atoms with Crippen molar-refractivity contribution in [1.82, 2.24) is 9.62 Å². The fraction of sp³-hybridized carbons (Fsp3) is 0.611. The van der Waals surface area contributed by atoms with Gasteiger partial charge in [-0.1, -0.05) is 13.8 Å². The first-order valence-electron chi connectivity index (χ1n) is 8.71. The Morgan fingerprint density at radius 2 is 1.85 bits per heavy atom. The fourth-order valence-electron chi connectivity index (χ4n) is 2.39. The molecule has 0 saturated carbocycles. The number of nitrogens with two attached hydrogens (primary N) is 1. The van der Waals surface area contributed by atoms with Gasteiger partial charge < -0.3 is 15.4 Å². The van der Waals surface area contributed by atoms with Gasteiger partial charge in [-0.25, -0.2) is 13.1 Å². The predicted octanol–water partition coefficient (Wildman–Crippen LogP) is 2.25. The van der Waals surface area contributed by atoms with Crippen LogP contribution in [0.3, 0.4) is 0 Å². The van der Waals surface area contributed by atoms with Crippen LogP contribution in [0, 0.1) is 5.92 Å². The summed E-state index contributed by atoms with van der Waals surface area (Å²) in [6, 6.07) is 4.14. The van der Waals surface area contributed by atoms with Gasteiger partial charge in [-0.3, -0.25) is 4.79 Å². The molecular formula is C18H32ClN3O4S. The van der Waals surface area contributed by atoms with E-state index >= 15 is 0 Å². The van der Waals surface area contributed by atoms with Crippen molar-refractivity contribution in [2.75, 3.05) is 20.7 Å². The molecule has 0 aliphatic heterocycles. The van der Waals surface area contributed by atoms with Crippen molar-refractivity contribution in [1.29, 1.82) is 0 Å². The number of nitrogens with zero attached hydrogens (tertiary/aromatic N) is 1. The Hall–Kier alpha value is -1.35. The smallest absolute Gasteiger partial charge is 0.253 e. The fourth-order valence-corrected chi connectivity index (χ4v) is 3.84. The molecule has 0 aromatic heterocycles. The Morgan fingerprint density at radius 3 is 2.33 bits per heavy atom. The number of nitrogens with one attached hydrogen (secondary N) is 1. The first-order chi connectivity index (χ1) is 12.0. The van der Waals surface area contributed by atoms with E-state index in [2.05, 4.69) is 4.72 Å². The zero-order chi connectivity index (χ0) is 20.1. The molecule has 3 N–H and O–H groups in total. The van der Waals surface area contributed by atoms with Crippen LogP contribution < -0.4 is 15.2 Å². The molecule has 0 saturated heterocycles. The van der Waals surface area contributed by atoms with Crippen molar-refractivity contribution < 1.29 is 17.9 Å². The van der Waals surface area contributed by atoms with Gasteiger partial charge in [0.1, 0.15) is 10.6 Å². The van der Waals surface area contributed by atoms with Gasteiger partial charge in [-0.15, -0.1) is 12.4 Å². The van der Waals surface area contributed by atoms with Crippen LogP contribution in [0.25, 0.3) is 0 Å². The van der Waals surface area contributed by atoms with Crippen LogP contribution in [0.5, 0.6) is 5.75 Å². The number of carbonyl (C=O) groups excluding carboxylic acids is 1. The molecule has 9 heteroatoms. The van der Waals surface area contributed by atoms with E-state index in [1.807, 2.05) is 13.8 Å². The van der Waals surface area contributed by atoms with Crippen molar-refractivity contribution in [2.45, 2.75) is 51.1 Å². The van der Waals surface area contributed by atoms with E-state index in [0.29, 0.717) is 18.9 Å². The Bertz CT molecular complexity index is 723. The summed E-state index contributed by atoms with van der Waals surface area (Å²) in [5, 5.41) is 0. The third kappa shape index (κ3) is 7.29. The molecule has 0 fully saturated rings. The third-order valence-electron chi connectivity index (χ3n) is 4.09. The second kappa shape index (κ2) is 10.8. The maximum Gasteiger partial charge on any atom is 0.253 e. The van der Waals surface area contributed by atoms with Crippen LogP contribution in [0.4, 0.5) is 0 Å². The van der Waals surface area contributed by atoms with Gasteiger partial charge in [0.2, 0.25) is 10.0 Å². The van der Waals surface area contributed by atoms with Gasteiger partial charge in [0, 0.05) is 31.2 Å². The highest BCUT2D eigenvalue weighted by Gasteiger charge is 2.23. The summed E-state index contributed by atoms with van der Waals surface area (Å²) in [7, 11) is -0.713. The molecular weight excluding hydrogens is 390 g/mol. The summed E-state index contributed by atoms with van der Waals surface area (Å²) in [5.74, 6) is 0.266. The molecule has 0 spiro atoms. The first kappa shape index (κ1) is 25.6. The Balaban J connectivity index is 0.00000676. The number of rotatable bonds is 9. The van der Waals surface area contributed by atoms with E-state index in [1.165, 1.54) is 19.2 Å². The maximum atomic E-state index is 12.7. The molecule has 7 nitrogen and oxygen atoms in total. The number of methoxy groups -OCH3 is 1. The number of hydrogen-bond donors (Lipinski definition) is 2. The number of amides is 1. The van der Waals surface area contributed by atoms with Gasteiger partial charge in [0.15, 0.2) is 0 Å². The monoisotopic (exact) mass is 421 g/mol. The van der Waals surface area contributed by atoms with Gasteiger partial charge in [0.25, 0.3) is 5.91 Å². The van der Waals surface area contributed by atoms with Crippen LogP contribution in [0.15, 0.2) is 23.1 Å². The normalized spacial score (nSPS) is 12.6. The molecule has 0 bridgehead atoms.